The van der Waals surface area contributed by atoms with Crippen LogP contribution in [0.3, 0.4) is 0 Å². The first-order valence-corrected chi connectivity index (χ1v) is 7.84. The van der Waals surface area contributed by atoms with Gasteiger partial charge in [0.1, 0.15) is 0 Å². The minimum Gasteiger partial charge on any atom is -0.399 e. The molecule has 0 saturated heterocycles. The lowest BCUT2D eigenvalue weighted by molar-refractivity contribution is 0.802. The highest BCUT2D eigenvalue weighted by atomic mass is 35.5. The molecule has 0 fully saturated rings. The first kappa shape index (κ1) is 14.3. The predicted octanol–water partition coefficient (Wildman–Crippen LogP) is 5.04. The fourth-order valence-corrected chi connectivity index (χ4v) is 3.16. The van der Waals surface area contributed by atoms with E-state index in [1.807, 2.05) is 18.2 Å². The third-order valence-corrected chi connectivity index (χ3v) is 4.50. The van der Waals surface area contributed by atoms with E-state index in [1.165, 1.54) is 18.4 Å². The van der Waals surface area contributed by atoms with Crippen molar-refractivity contribution in [3.05, 3.63) is 59.1 Å². The molecule has 0 bridgehead atoms. The number of hydrogen-bond donors (Lipinski definition) is 1. The van der Waals surface area contributed by atoms with Gasteiger partial charge in [0.15, 0.2) is 0 Å². The van der Waals surface area contributed by atoms with E-state index in [0.29, 0.717) is 0 Å². The molecule has 19 heavy (non-hydrogen) atoms. The second kappa shape index (κ2) is 7.46. The summed E-state index contributed by atoms with van der Waals surface area (Å²) in [7, 11) is 0. The number of benzene rings is 2. The standard InChI is InChI=1S/C16H18ClNS/c17-15-10-9-14(18)12-16(15)19-11-5-4-8-13-6-2-1-3-7-13/h1-3,6-7,9-10,12H,4-5,8,11,18H2. The van der Waals surface area contributed by atoms with Gasteiger partial charge in [-0.05, 0) is 48.8 Å². The number of hydrogen-bond acceptors (Lipinski definition) is 2. The maximum Gasteiger partial charge on any atom is 0.0543 e. The number of nitrogen functional groups attached to an aromatic ring is 1. The number of aryl methyl sites for hydroxylation is 1. The van der Waals surface area contributed by atoms with Crippen molar-refractivity contribution in [3.8, 4) is 0 Å². The lowest BCUT2D eigenvalue weighted by atomic mass is 10.1. The topological polar surface area (TPSA) is 26.0 Å². The Morgan fingerprint density at radius 3 is 2.58 bits per heavy atom. The lowest BCUT2D eigenvalue weighted by Gasteiger charge is -2.05. The van der Waals surface area contributed by atoms with E-state index >= 15 is 0 Å². The average Bonchev–Trinajstić information content (AvgIpc) is 2.43. The number of thioether (sulfide) groups is 1. The van der Waals surface area contributed by atoms with Gasteiger partial charge in [-0.2, -0.15) is 0 Å². The van der Waals surface area contributed by atoms with Crippen molar-refractivity contribution < 1.29 is 0 Å². The van der Waals surface area contributed by atoms with E-state index in [-0.39, 0.29) is 0 Å². The fraction of sp³-hybridized carbons (Fsp3) is 0.250. The highest BCUT2D eigenvalue weighted by Crippen LogP contribution is 2.29. The summed E-state index contributed by atoms with van der Waals surface area (Å²) >= 11 is 7.91. The Balaban J connectivity index is 1.71. The number of rotatable bonds is 6. The molecular formula is C16H18ClNS. The zero-order chi connectivity index (χ0) is 13.5. The van der Waals surface area contributed by atoms with Crippen molar-refractivity contribution in [3.63, 3.8) is 0 Å². The molecule has 0 aromatic heterocycles. The van der Waals surface area contributed by atoms with Gasteiger partial charge in [-0.3, -0.25) is 0 Å². The van der Waals surface area contributed by atoms with Crippen LogP contribution in [0.25, 0.3) is 0 Å². The van der Waals surface area contributed by atoms with Gasteiger partial charge in [-0.25, -0.2) is 0 Å². The fourth-order valence-electron chi connectivity index (χ4n) is 1.89. The zero-order valence-electron chi connectivity index (χ0n) is 10.8. The number of anilines is 1. The zero-order valence-corrected chi connectivity index (χ0v) is 12.4. The molecule has 100 valence electrons. The largest absolute Gasteiger partial charge is 0.399 e. The molecule has 2 aromatic carbocycles. The van der Waals surface area contributed by atoms with Crippen LogP contribution < -0.4 is 5.73 Å². The number of nitrogens with two attached hydrogens (primary N) is 1. The Kier molecular flexibility index (Phi) is 5.62. The van der Waals surface area contributed by atoms with Crippen molar-refractivity contribution in [1.29, 1.82) is 0 Å². The van der Waals surface area contributed by atoms with Crippen LogP contribution in [-0.2, 0) is 6.42 Å². The van der Waals surface area contributed by atoms with Crippen molar-refractivity contribution in [2.45, 2.75) is 24.2 Å². The van der Waals surface area contributed by atoms with Gasteiger partial charge in [-0.15, -0.1) is 11.8 Å². The Labute approximate surface area is 124 Å². The molecule has 0 aliphatic rings. The van der Waals surface area contributed by atoms with Gasteiger partial charge in [-0.1, -0.05) is 41.9 Å². The second-order valence-corrected chi connectivity index (χ2v) is 6.02. The highest BCUT2D eigenvalue weighted by molar-refractivity contribution is 7.99. The van der Waals surface area contributed by atoms with Gasteiger partial charge in [0, 0.05) is 10.6 Å². The summed E-state index contributed by atoms with van der Waals surface area (Å²) in [5.74, 6) is 1.08. The minimum absolute atomic E-state index is 0.774. The monoisotopic (exact) mass is 291 g/mol. The Bertz CT molecular complexity index is 513. The maximum absolute atomic E-state index is 6.13. The van der Waals surface area contributed by atoms with Crippen LogP contribution in [0.1, 0.15) is 18.4 Å². The van der Waals surface area contributed by atoms with Crippen LogP contribution in [0.4, 0.5) is 5.69 Å². The first-order chi connectivity index (χ1) is 9.25. The van der Waals surface area contributed by atoms with E-state index in [1.54, 1.807) is 11.8 Å². The molecule has 2 aromatic rings. The molecule has 0 atom stereocenters. The maximum atomic E-state index is 6.13. The molecule has 3 heteroatoms. The normalized spacial score (nSPS) is 10.6. The van der Waals surface area contributed by atoms with Gasteiger partial charge in [0.25, 0.3) is 0 Å². The van der Waals surface area contributed by atoms with Crippen LogP contribution in [0.15, 0.2) is 53.4 Å². The SMILES string of the molecule is Nc1ccc(Cl)c(SCCCCc2ccccc2)c1. The van der Waals surface area contributed by atoms with Crippen molar-refractivity contribution in [1.82, 2.24) is 0 Å². The van der Waals surface area contributed by atoms with Crippen molar-refractivity contribution in [2.75, 3.05) is 11.5 Å². The molecule has 2 rings (SSSR count). The predicted molar refractivity (Wildman–Crippen MR) is 86.0 cm³/mol. The van der Waals surface area contributed by atoms with E-state index < -0.39 is 0 Å². The second-order valence-electron chi connectivity index (χ2n) is 4.48. The Morgan fingerprint density at radius 1 is 1.00 bits per heavy atom. The number of unbranched alkanes of at least 4 members (excludes halogenated alkanes) is 1. The van der Waals surface area contributed by atoms with E-state index in [2.05, 4.69) is 30.3 Å². The summed E-state index contributed by atoms with van der Waals surface area (Å²) in [4.78, 5) is 1.08. The molecule has 1 nitrogen and oxygen atoms in total. The molecule has 0 heterocycles. The summed E-state index contributed by atoms with van der Waals surface area (Å²) in [5, 5.41) is 0.794. The Morgan fingerprint density at radius 2 is 1.79 bits per heavy atom. The average molecular weight is 292 g/mol. The summed E-state index contributed by atoms with van der Waals surface area (Å²) in [6.45, 7) is 0. The molecule has 0 radical (unpaired) electrons. The molecule has 0 amide bonds. The third-order valence-electron chi connectivity index (χ3n) is 2.92. The van der Waals surface area contributed by atoms with E-state index in [4.69, 9.17) is 17.3 Å². The first-order valence-electron chi connectivity index (χ1n) is 6.47. The van der Waals surface area contributed by atoms with E-state index in [9.17, 15) is 0 Å². The highest BCUT2D eigenvalue weighted by Gasteiger charge is 2.01. The van der Waals surface area contributed by atoms with Crippen LogP contribution in [0.2, 0.25) is 5.02 Å². The van der Waals surface area contributed by atoms with Gasteiger partial charge < -0.3 is 5.73 Å². The lowest BCUT2D eigenvalue weighted by Crippen LogP contribution is -1.89. The van der Waals surface area contributed by atoms with Gasteiger partial charge in [0.05, 0.1) is 5.02 Å². The van der Waals surface area contributed by atoms with Crippen LogP contribution in [0.5, 0.6) is 0 Å². The van der Waals surface area contributed by atoms with Crippen molar-refractivity contribution in [2.24, 2.45) is 0 Å². The quantitative estimate of drug-likeness (QED) is 0.458. The molecule has 0 spiro atoms. The van der Waals surface area contributed by atoms with E-state index in [0.717, 1.165) is 27.8 Å². The van der Waals surface area contributed by atoms with Crippen molar-refractivity contribution >= 4 is 29.1 Å². The third kappa shape index (κ3) is 4.81. The molecule has 2 N–H and O–H groups in total. The smallest absolute Gasteiger partial charge is 0.0543 e. The van der Waals surface area contributed by atoms with Crippen LogP contribution in [-0.4, -0.2) is 5.75 Å². The Hall–Kier alpha value is -1.12. The summed E-state index contributed by atoms with van der Waals surface area (Å²) in [5.41, 5.74) is 7.95. The number of halogens is 1. The molecule has 0 aliphatic carbocycles. The van der Waals surface area contributed by atoms with Crippen LogP contribution in [0, 0.1) is 0 Å². The summed E-state index contributed by atoms with van der Waals surface area (Å²) in [6, 6.07) is 16.3. The van der Waals surface area contributed by atoms with Gasteiger partial charge in [0.2, 0.25) is 0 Å². The van der Waals surface area contributed by atoms with Gasteiger partial charge >= 0.3 is 0 Å². The minimum atomic E-state index is 0.774. The molecule has 0 aliphatic heterocycles. The summed E-state index contributed by atoms with van der Waals surface area (Å²) in [6.07, 6.45) is 3.54. The molecular weight excluding hydrogens is 274 g/mol. The van der Waals surface area contributed by atoms with Crippen LogP contribution >= 0.6 is 23.4 Å². The molecule has 0 unspecified atom stereocenters. The molecule has 0 saturated carbocycles. The summed E-state index contributed by atoms with van der Waals surface area (Å²) < 4.78 is 0.